The number of nitrogens with zero attached hydrogens (tertiary/aromatic N) is 1. The van der Waals surface area contributed by atoms with Crippen LogP contribution < -0.4 is 5.73 Å². The van der Waals surface area contributed by atoms with Crippen molar-refractivity contribution in [2.45, 2.75) is 45.1 Å². The van der Waals surface area contributed by atoms with Crippen LogP contribution in [-0.2, 0) is 4.74 Å². The van der Waals surface area contributed by atoms with Gasteiger partial charge in [0, 0.05) is 18.8 Å². The minimum absolute atomic E-state index is 0.176. The van der Waals surface area contributed by atoms with E-state index >= 15 is 0 Å². The standard InChI is InChI=1S/C17H26N2O/c1-13(20-17(2,3)4)19-11-9-15(10-12-19)14-5-7-16(18)8-6-14/h5-8,15H,1,9-12,18H2,2-4H3. The second-order valence-electron chi connectivity index (χ2n) is 6.54. The number of rotatable bonds is 3. The van der Waals surface area contributed by atoms with Crippen molar-refractivity contribution < 1.29 is 4.74 Å². The van der Waals surface area contributed by atoms with Crippen molar-refractivity contribution in [2.24, 2.45) is 0 Å². The van der Waals surface area contributed by atoms with E-state index in [9.17, 15) is 0 Å². The highest BCUT2D eigenvalue weighted by Crippen LogP contribution is 2.30. The fraction of sp³-hybridized carbons (Fsp3) is 0.529. The van der Waals surface area contributed by atoms with Crippen LogP contribution in [0, 0.1) is 0 Å². The molecule has 0 saturated carbocycles. The van der Waals surface area contributed by atoms with Crippen molar-refractivity contribution in [3.63, 3.8) is 0 Å². The number of hydrogen-bond donors (Lipinski definition) is 1. The third-order valence-corrected chi connectivity index (χ3v) is 3.68. The minimum atomic E-state index is -0.176. The highest BCUT2D eigenvalue weighted by Gasteiger charge is 2.24. The molecule has 1 heterocycles. The molecule has 1 aromatic carbocycles. The van der Waals surface area contributed by atoms with Crippen LogP contribution in [0.15, 0.2) is 36.7 Å². The van der Waals surface area contributed by atoms with E-state index in [1.54, 1.807) is 0 Å². The van der Waals surface area contributed by atoms with Crippen LogP contribution in [0.25, 0.3) is 0 Å². The monoisotopic (exact) mass is 274 g/mol. The lowest BCUT2D eigenvalue weighted by atomic mass is 9.89. The fourth-order valence-electron chi connectivity index (χ4n) is 2.65. The van der Waals surface area contributed by atoms with Gasteiger partial charge >= 0.3 is 0 Å². The van der Waals surface area contributed by atoms with Gasteiger partial charge in [0.25, 0.3) is 0 Å². The lowest BCUT2D eigenvalue weighted by Gasteiger charge is -2.36. The maximum Gasteiger partial charge on any atom is 0.182 e. The topological polar surface area (TPSA) is 38.5 Å². The van der Waals surface area contributed by atoms with Crippen LogP contribution in [0.1, 0.15) is 45.1 Å². The Hall–Kier alpha value is -1.64. The zero-order valence-electron chi connectivity index (χ0n) is 12.9. The van der Waals surface area contributed by atoms with Gasteiger partial charge in [-0.1, -0.05) is 12.1 Å². The van der Waals surface area contributed by atoms with Gasteiger partial charge in [-0.15, -0.1) is 0 Å². The molecule has 110 valence electrons. The number of hydrogen-bond acceptors (Lipinski definition) is 3. The third-order valence-electron chi connectivity index (χ3n) is 3.68. The molecule has 0 radical (unpaired) electrons. The van der Waals surface area contributed by atoms with Gasteiger partial charge in [-0.3, -0.25) is 0 Å². The van der Waals surface area contributed by atoms with E-state index < -0.39 is 0 Å². The van der Waals surface area contributed by atoms with Crippen LogP contribution in [0.4, 0.5) is 5.69 Å². The fourth-order valence-corrected chi connectivity index (χ4v) is 2.65. The number of likely N-dealkylation sites (tertiary alicyclic amines) is 1. The zero-order valence-corrected chi connectivity index (χ0v) is 12.9. The van der Waals surface area contributed by atoms with E-state index in [4.69, 9.17) is 10.5 Å². The first-order chi connectivity index (χ1) is 9.35. The van der Waals surface area contributed by atoms with Crippen LogP contribution in [0.5, 0.6) is 0 Å². The van der Waals surface area contributed by atoms with Gasteiger partial charge in [-0.05, 0) is 63.8 Å². The molecule has 1 aliphatic rings. The molecule has 0 aliphatic carbocycles. The maximum atomic E-state index is 5.85. The van der Waals surface area contributed by atoms with E-state index in [0.29, 0.717) is 5.92 Å². The maximum absolute atomic E-state index is 5.85. The Bertz CT molecular complexity index is 451. The Morgan fingerprint density at radius 3 is 2.25 bits per heavy atom. The highest BCUT2D eigenvalue weighted by atomic mass is 16.5. The number of nitrogen functional groups attached to an aromatic ring is 1. The first-order valence-electron chi connectivity index (χ1n) is 7.33. The van der Waals surface area contributed by atoms with Crippen LogP contribution in [-0.4, -0.2) is 23.6 Å². The summed E-state index contributed by atoms with van der Waals surface area (Å²) in [5.41, 5.74) is 7.79. The average Bonchev–Trinajstić information content (AvgIpc) is 2.38. The molecule has 0 atom stereocenters. The van der Waals surface area contributed by atoms with Gasteiger partial charge in [-0.25, -0.2) is 0 Å². The molecule has 1 aliphatic heterocycles. The van der Waals surface area contributed by atoms with E-state index in [1.807, 2.05) is 12.1 Å². The predicted molar refractivity (Wildman–Crippen MR) is 84.4 cm³/mol. The summed E-state index contributed by atoms with van der Waals surface area (Å²) in [5.74, 6) is 1.42. The second-order valence-corrected chi connectivity index (χ2v) is 6.54. The molecule has 0 unspecified atom stereocenters. The summed E-state index contributed by atoms with van der Waals surface area (Å²) in [6.45, 7) is 12.2. The smallest absolute Gasteiger partial charge is 0.182 e. The summed E-state index contributed by atoms with van der Waals surface area (Å²) in [4.78, 5) is 2.25. The molecule has 0 amide bonds. The van der Waals surface area contributed by atoms with Crippen molar-refractivity contribution in [3.05, 3.63) is 42.3 Å². The molecule has 1 saturated heterocycles. The molecule has 0 aromatic heterocycles. The van der Waals surface area contributed by atoms with Crippen molar-refractivity contribution in [3.8, 4) is 0 Å². The SMILES string of the molecule is C=C(OC(C)(C)C)N1CCC(c2ccc(N)cc2)CC1. The molecule has 3 nitrogen and oxygen atoms in total. The van der Waals surface area contributed by atoms with Crippen molar-refractivity contribution in [1.82, 2.24) is 4.90 Å². The summed E-state index contributed by atoms with van der Waals surface area (Å²) in [6, 6.07) is 8.28. The Morgan fingerprint density at radius 2 is 1.75 bits per heavy atom. The third kappa shape index (κ3) is 3.92. The summed E-state index contributed by atoms with van der Waals surface area (Å²) in [5, 5.41) is 0. The number of anilines is 1. The molecule has 1 aromatic rings. The molecule has 0 bridgehead atoms. The normalized spacial score (nSPS) is 17.1. The van der Waals surface area contributed by atoms with Crippen LogP contribution in [0.2, 0.25) is 0 Å². The first kappa shape index (κ1) is 14.8. The zero-order chi connectivity index (χ0) is 14.8. The predicted octanol–water partition coefficient (Wildman–Crippen LogP) is 3.73. The molecule has 2 rings (SSSR count). The molecule has 2 N–H and O–H groups in total. The molecule has 3 heteroatoms. The molecular formula is C17H26N2O. The summed E-state index contributed by atoms with van der Waals surface area (Å²) in [7, 11) is 0. The lowest BCUT2D eigenvalue weighted by molar-refractivity contribution is -0.00293. The Kier molecular flexibility index (Phi) is 4.26. The van der Waals surface area contributed by atoms with Crippen LogP contribution >= 0.6 is 0 Å². The van der Waals surface area contributed by atoms with Crippen LogP contribution in [0.3, 0.4) is 0 Å². The van der Waals surface area contributed by atoms with Gasteiger partial charge in [0.15, 0.2) is 5.88 Å². The number of piperidine rings is 1. The quantitative estimate of drug-likeness (QED) is 0.674. The minimum Gasteiger partial charge on any atom is -0.474 e. The Labute approximate surface area is 122 Å². The molecule has 20 heavy (non-hydrogen) atoms. The van der Waals surface area contributed by atoms with Gasteiger partial charge < -0.3 is 15.4 Å². The number of nitrogens with two attached hydrogens (primary N) is 1. The van der Waals surface area contributed by atoms with Crippen molar-refractivity contribution in [1.29, 1.82) is 0 Å². The highest BCUT2D eigenvalue weighted by molar-refractivity contribution is 5.40. The average molecular weight is 274 g/mol. The molecule has 1 fully saturated rings. The first-order valence-corrected chi connectivity index (χ1v) is 7.33. The largest absolute Gasteiger partial charge is 0.474 e. The van der Waals surface area contributed by atoms with E-state index in [2.05, 4.69) is 44.4 Å². The van der Waals surface area contributed by atoms with E-state index in [1.165, 1.54) is 5.56 Å². The van der Waals surface area contributed by atoms with Gasteiger partial charge in [-0.2, -0.15) is 0 Å². The van der Waals surface area contributed by atoms with Crippen molar-refractivity contribution in [2.75, 3.05) is 18.8 Å². The second kappa shape index (κ2) is 5.78. The van der Waals surface area contributed by atoms with Gasteiger partial charge in [0.05, 0.1) is 0 Å². The lowest BCUT2D eigenvalue weighted by Crippen LogP contribution is -2.35. The Morgan fingerprint density at radius 1 is 1.20 bits per heavy atom. The summed E-state index contributed by atoms with van der Waals surface area (Å²) < 4.78 is 5.85. The van der Waals surface area contributed by atoms with Gasteiger partial charge in [0.2, 0.25) is 0 Å². The summed E-state index contributed by atoms with van der Waals surface area (Å²) >= 11 is 0. The number of ether oxygens (including phenoxy) is 1. The Balaban J connectivity index is 1.89. The number of benzene rings is 1. The van der Waals surface area contributed by atoms with Crippen molar-refractivity contribution >= 4 is 5.69 Å². The molecular weight excluding hydrogens is 248 g/mol. The summed E-state index contributed by atoms with van der Waals surface area (Å²) in [6.07, 6.45) is 2.27. The van der Waals surface area contributed by atoms with E-state index in [0.717, 1.165) is 37.5 Å². The van der Waals surface area contributed by atoms with E-state index in [-0.39, 0.29) is 5.60 Å². The molecule has 0 spiro atoms. The van der Waals surface area contributed by atoms with Gasteiger partial charge in [0.1, 0.15) is 5.60 Å².